The fraction of sp³-hybridized carbons (Fsp3) is 0.222. The molecule has 0 saturated heterocycles. The minimum Gasteiger partial charge on any atom is -0.465 e. The van der Waals surface area contributed by atoms with Crippen molar-refractivity contribution in [1.82, 2.24) is 4.72 Å². The van der Waals surface area contributed by atoms with Crippen molar-refractivity contribution in [3.63, 3.8) is 0 Å². The van der Waals surface area contributed by atoms with E-state index in [0.717, 1.165) is 24.3 Å². The summed E-state index contributed by atoms with van der Waals surface area (Å²) in [5.74, 6) is -1.63. The van der Waals surface area contributed by atoms with Crippen molar-refractivity contribution >= 4 is 27.6 Å². The van der Waals surface area contributed by atoms with Gasteiger partial charge < -0.3 is 10.1 Å². The normalized spacial score (nSPS) is 12.3. The molecule has 2 aromatic carbocycles. The summed E-state index contributed by atoms with van der Waals surface area (Å²) in [6.07, 6.45) is 0.201. The maximum atomic E-state index is 13.0. The fourth-order valence-electron chi connectivity index (χ4n) is 2.23. The Morgan fingerprint density at radius 2 is 1.67 bits per heavy atom. The Labute approximate surface area is 156 Å². The van der Waals surface area contributed by atoms with Crippen molar-refractivity contribution < 1.29 is 27.1 Å². The minimum absolute atomic E-state index is 0.141. The number of carbonyl (C=O) groups is 2. The second-order valence-electron chi connectivity index (χ2n) is 5.59. The molecule has 1 unspecified atom stereocenters. The zero-order valence-electron chi connectivity index (χ0n) is 14.7. The Hall–Kier alpha value is -2.78. The third-order valence-electron chi connectivity index (χ3n) is 3.72. The second kappa shape index (κ2) is 8.74. The van der Waals surface area contributed by atoms with Gasteiger partial charge in [-0.05, 0) is 55.0 Å². The largest absolute Gasteiger partial charge is 0.465 e. The molecular formula is C18H19FN2O5S. The molecule has 1 amide bonds. The topological polar surface area (TPSA) is 102 Å². The Morgan fingerprint density at radius 1 is 1.07 bits per heavy atom. The van der Waals surface area contributed by atoms with Gasteiger partial charge in [-0.1, -0.05) is 6.92 Å². The summed E-state index contributed by atoms with van der Waals surface area (Å²) in [5.41, 5.74) is 0.714. The summed E-state index contributed by atoms with van der Waals surface area (Å²) >= 11 is 0. The lowest BCUT2D eigenvalue weighted by Crippen LogP contribution is -2.43. The number of hydrogen-bond acceptors (Lipinski definition) is 5. The number of amides is 1. The quantitative estimate of drug-likeness (QED) is 0.702. The van der Waals surface area contributed by atoms with Crippen LogP contribution in [0.5, 0.6) is 0 Å². The van der Waals surface area contributed by atoms with Gasteiger partial charge in [0.2, 0.25) is 15.9 Å². The van der Waals surface area contributed by atoms with E-state index in [-0.39, 0.29) is 11.3 Å². The molecule has 1 atom stereocenters. The third-order valence-corrected chi connectivity index (χ3v) is 5.21. The number of rotatable bonds is 7. The Bertz CT molecular complexity index is 912. The average molecular weight is 394 g/mol. The van der Waals surface area contributed by atoms with Crippen LogP contribution >= 0.6 is 0 Å². The summed E-state index contributed by atoms with van der Waals surface area (Å²) in [5, 5.41) is 2.58. The monoisotopic (exact) mass is 394 g/mol. The number of benzene rings is 2. The standard InChI is InChI=1S/C18H19FN2O5S/c1-3-16(21-27(24,25)15-10-6-13(19)7-11-15)17(22)20-14-8-4-12(5-9-14)18(23)26-2/h4-11,16,21H,3H2,1-2H3,(H,20,22). The van der Waals surface area contributed by atoms with Crippen LogP contribution in [0.1, 0.15) is 23.7 Å². The van der Waals surface area contributed by atoms with Crippen molar-refractivity contribution in [2.75, 3.05) is 12.4 Å². The number of esters is 1. The predicted octanol–water partition coefficient (Wildman–Crippen LogP) is 2.31. The molecule has 2 aromatic rings. The Kier molecular flexibility index (Phi) is 6.65. The van der Waals surface area contributed by atoms with Crippen LogP contribution in [-0.2, 0) is 19.6 Å². The van der Waals surface area contributed by atoms with E-state index in [1.807, 2.05) is 0 Å². The highest BCUT2D eigenvalue weighted by Crippen LogP contribution is 2.14. The number of sulfonamides is 1. The molecule has 9 heteroatoms. The predicted molar refractivity (Wildman–Crippen MR) is 97.2 cm³/mol. The van der Waals surface area contributed by atoms with Gasteiger partial charge in [-0.2, -0.15) is 4.72 Å². The van der Waals surface area contributed by atoms with Crippen LogP contribution < -0.4 is 10.0 Å². The lowest BCUT2D eigenvalue weighted by Gasteiger charge is -2.17. The second-order valence-corrected chi connectivity index (χ2v) is 7.31. The molecule has 0 fully saturated rings. The van der Waals surface area contributed by atoms with Crippen LogP contribution in [0.2, 0.25) is 0 Å². The van der Waals surface area contributed by atoms with E-state index in [1.165, 1.54) is 31.4 Å². The maximum absolute atomic E-state index is 13.0. The zero-order chi connectivity index (χ0) is 20.0. The van der Waals surface area contributed by atoms with Gasteiger partial charge in [-0.25, -0.2) is 17.6 Å². The summed E-state index contributed by atoms with van der Waals surface area (Å²) in [7, 11) is -2.72. The number of hydrogen-bond donors (Lipinski definition) is 2. The molecule has 0 aliphatic heterocycles. The third kappa shape index (κ3) is 5.35. The van der Waals surface area contributed by atoms with Crippen LogP contribution in [0.15, 0.2) is 53.4 Å². The van der Waals surface area contributed by atoms with Gasteiger partial charge in [0.15, 0.2) is 0 Å². The number of halogens is 1. The molecule has 0 aromatic heterocycles. The smallest absolute Gasteiger partial charge is 0.337 e. The molecule has 0 aliphatic carbocycles. The summed E-state index contributed by atoms with van der Waals surface area (Å²) in [4.78, 5) is 23.7. The van der Waals surface area contributed by atoms with Gasteiger partial charge in [0.25, 0.3) is 0 Å². The SMILES string of the molecule is CCC(NS(=O)(=O)c1ccc(F)cc1)C(=O)Nc1ccc(C(=O)OC)cc1. The van der Waals surface area contributed by atoms with Crippen molar-refractivity contribution in [2.24, 2.45) is 0 Å². The molecule has 0 saturated carbocycles. The highest BCUT2D eigenvalue weighted by Gasteiger charge is 2.24. The molecule has 0 aliphatic rings. The summed E-state index contributed by atoms with van der Waals surface area (Å²) in [6.45, 7) is 1.65. The van der Waals surface area contributed by atoms with E-state index in [4.69, 9.17) is 0 Å². The molecule has 0 spiro atoms. The zero-order valence-corrected chi connectivity index (χ0v) is 15.5. The molecule has 0 radical (unpaired) electrons. The van der Waals surface area contributed by atoms with E-state index in [9.17, 15) is 22.4 Å². The first-order valence-electron chi connectivity index (χ1n) is 8.04. The van der Waals surface area contributed by atoms with Gasteiger partial charge in [-0.15, -0.1) is 0 Å². The van der Waals surface area contributed by atoms with E-state index in [2.05, 4.69) is 14.8 Å². The number of nitrogens with one attached hydrogen (secondary N) is 2. The van der Waals surface area contributed by atoms with Crippen molar-refractivity contribution in [3.05, 3.63) is 59.9 Å². The minimum atomic E-state index is -3.99. The van der Waals surface area contributed by atoms with Gasteiger partial charge in [0, 0.05) is 5.69 Å². The van der Waals surface area contributed by atoms with E-state index in [0.29, 0.717) is 11.3 Å². The first-order valence-corrected chi connectivity index (χ1v) is 9.52. The summed E-state index contributed by atoms with van der Waals surface area (Å²) in [6, 6.07) is 9.23. The fourth-order valence-corrected chi connectivity index (χ4v) is 3.51. The van der Waals surface area contributed by atoms with E-state index < -0.39 is 33.8 Å². The van der Waals surface area contributed by atoms with Crippen LogP contribution in [-0.4, -0.2) is 33.4 Å². The van der Waals surface area contributed by atoms with Crippen LogP contribution in [0, 0.1) is 5.82 Å². The lowest BCUT2D eigenvalue weighted by atomic mass is 10.2. The van der Waals surface area contributed by atoms with Gasteiger partial charge in [-0.3, -0.25) is 4.79 Å². The van der Waals surface area contributed by atoms with Crippen molar-refractivity contribution in [1.29, 1.82) is 0 Å². The molecule has 27 heavy (non-hydrogen) atoms. The Morgan fingerprint density at radius 3 is 2.19 bits per heavy atom. The molecule has 2 rings (SSSR count). The number of ether oxygens (including phenoxy) is 1. The highest BCUT2D eigenvalue weighted by molar-refractivity contribution is 7.89. The number of carbonyl (C=O) groups excluding carboxylic acids is 2. The number of anilines is 1. The lowest BCUT2D eigenvalue weighted by molar-refractivity contribution is -0.117. The summed E-state index contributed by atoms with van der Waals surface area (Å²) < 4.78 is 44.6. The molecule has 0 bridgehead atoms. The molecular weight excluding hydrogens is 375 g/mol. The van der Waals surface area contributed by atoms with Crippen molar-refractivity contribution in [3.8, 4) is 0 Å². The van der Waals surface area contributed by atoms with Gasteiger partial charge in [0.1, 0.15) is 11.9 Å². The first kappa shape index (κ1) is 20.5. The van der Waals surface area contributed by atoms with E-state index in [1.54, 1.807) is 6.92 Å². The van der Waals surface area contributed by atoms with E-state index >= 15 is 0 Å². The molecule has 7 nitrogen and oxygen atoms in total. The van der Waals surface area contributed by atoms with Crippen LogP contribution in [0.4, 0.5) is 10.1 Å². The molecule has 0 heterocycles. The maximum Gasteiger partial charge on any atom is 0.337 e. The highest BCUT2D eigenvalue weighted by atomic mass is 32.2. The molecule has 2 N–H and O–H groups in total. The van der Waals surface area contributed by atoms with Gasteiger partial charge >= 0.3 is 5.97 Å². The van der Waals surface area contributed by atoms with Crippen molar-refractivity contribution in [2.45, 2.75) is 24.3 Å². The van der Waals surface area contributed by atoms with Crippen LogP contribution in [0.3, 0.4) is 0 Å². The van der Waals surface area contributed by atoms with Gasteiger partial charge in [0.05, 0.1) is 17.6 Å². The first-order chi connectivity index (χ1) is 12.8. The average Bonchev–Trinajstić information content (AvgIpc) is 2.66. The van der Waals surface area contributed by atoms with Crippen LogP contribution in [0.25, 0.3) is 0 Å². The number of methoxy groups -OCH3 is 1. The molecule has 144 valence electrons. The Balaban J connectivity index is 2.09.